The Morgan fingerprint density at radius 3 is 1.65 bits per heavy atom. The molecule has 10 heteroatoms. The summed E-state index contributed by atoms with van der Waals surface area (Å²) in [6.07, 6.45) is 0. The smallest absolute Gasteiger partial charge is 0.291 e. The average molecular weight is 356 g/mol. The fourth-order valence-electron chi connectivity index (χ4n) is 2.28. The van der Waals surface area contributed by atoms with E-state index in [1.54, 1.807) is 11.9 Å². The summed E-state index contributed by atoms with van der Waals surface area (Å²) in [6, 6.07) is 5.15. The Balaban J connectivity index is 2.18. The van der Waals surface area contributed by atoms with E-state index >= 15 is 0 Å². The van der Waals surface area contributed by atoms with E-state index < -0.39 is 9.85 Å². The first-order valence-corrected chi connectivity index (χ1v) is 6.92. The Bertz CT molecular complexity index is 802. The predicted octanol–water partition coefficient (Wildman–Crippen LogP) is 4.68. The van der Waals surface area contributed by atoms with Crippen molar-refractivity contribution in [3.05, 3.63) is 54.5 Å². The van der Waals surface area contributed by atoms with Crippen LogP contribution in [0.15, 0.2) is 24.3 Å². The molecule has 0 amide bonds. The van der Waals surface area contributed by atoms with Crippen molar-refractivity contribution in [2.24, 2.45) is 0 Å². The highest BCUT2D eigenvalue weighted by atomic mass is 35.5. The molecular formula is C13H7Cl2N3O5. The van der Waals surface area contributed by atoms with E-state index in [2.05, 4.69) is 0 Å². The van der Waals surface area contributed by atoms with Crippen LogP contribution in [0.1, 0.15) is 0 Å². The van der Waals surface area contributed by atoms with Gasteiger partial charge >= 0.3 is 0 Å². The molecule has 1 aliphatic heterocycles. The highest BCUT2D eigenvalue weighted by molar-refractivity contribution is 6.33. The first-order chi connectivity index (χ1) is 10.8. The third-order valence-corrected chi connectivity index (χ3v) is 4.00. The number of nitro groups is 2. The standard InChI is InChI=1S/C13H7Cl2N3O5/c1-16-10-2-6(14)8(17(19)20)4-12(10)23-13-5-9(18(21)22)7(15)3-11(13)16/h2-5H,1H3. The minimum Gasteiger partial charge on any atom is -0.452 e. The van der Waals surface area contributed by atoms with E-state index in [0.29, 0.717) is 11.4 Å². The topological polar surface area (TPSA) is 98.8 Å². The monoisotopic (exact) mass is 355 g/mol. The molecule has 8 nitrogen and oxygen atoms in total. The van der Waals surface area contributed by atoms with Gasteiger partial charge in [0.25, 0.3) is 11.4 Å². The van der Waals surface area contributed by atoms with Crippen LogP contribution in [-0.4, -0.2) is 16.9 Å². The van der Waals surface area contributed by atoms with Gasteiger partial charge in [0, 0.05) is 7.05 Å². The summed E-state index contributed by atoms with van der Waals surface area (Å²) in [5.74, 6) is 0.348. The highest BCUT2D eigenvalue weighted by Crippen LogP contribution is 2.51. The number of halogens is 2. The van der Waals surface area contributed by atoms with Gasteiger partial charge in [-0.3, -0.25) is 20.2 Å². The molecule has 0 spiro atoms. The van der Waals surface area contributed by atoms with Gasteiger partial charge < -0.3 is 9.64 Å². The summed E-state index contributed by atoms with van der Waals surface area (Å²) in [6.45, 7) is 0. The number of hydrogen-bond donors (Lipinski definition) is 0. The van der Waals surface area contributed by atoms with Gasteiger partial charge in [-0.15, -0.1) is 0 Å². The van der Waals surface area contributed by atoms with Crippen molar-refractivity contribution >= 4 is 46.0 Å². The van der Waals surface area contributed by atoms with Gasteiger partial charge in [0.15, 0.2) is 11.5 Å². The van der Waals surface area contributed by atoms with E-state index in [-0.39, 0.29) is 32.9 Å². The lowest BCUT2D eigenvalue weighted by atomic mass is 10.1. The van der Waals surface area contributed by atoms with Crippen LogP contribution in [0.25, 0.3) is 0 Å². The van der Waals surface area contributed by atoms with Crippen LogP contribution in [0.2, 0.25) is 10.0 Å². The van der Waals surface area contributed by atoms with Crippen LogP contribution in [0.3, 0.4) is 0 Å². The lowest BCUT2D eigenvalue weighted by molar-refractivity contribution is -0.384. The first-order valence-electron chi connectivity index (χ1n) is 6.17. The summed E-state index contributed by atoms with van der Waals surface area (Å²) in [7, 11) is 1.67. The molecule has 23 heavy (non-hydrogen) atoms. The molecule has 0 saturated heterocycles. The largest absolute Gasteiger partial charge is 0.452 e. The second kappa shape index (κ2) is 5.25. The van der Waals surface area contributed by atoms with Crippen LogP contribution in [0.4, 0.5) is 22.7 Å². The Morgan fingerprint density at radius 1 is 0.913 bits per heavy atom. The molecule has 1 aliphatic rings. The number of hydrogen-bond acceptors (Lipinski definition) is 6. The molecule has 118 valence electrons. The van der Waals surface area contributed by atoms with Crippen molar-refractivity contribution in [2.75, 3.05) is 11.9 Å². The SMILES string of the molecule is CN1c2cc(Cl)c([N+](=O)[O-])cc2Oc2cc([N+](=O)[O-])c(Cl)cc21. The maximum absolute atomic E-state index is 11.0. The van der Waals surface area contributed by atoms with Crippen LogP contribution in [-0.2, 0) is 0 Å². The summed E-state index contributed by atoms with van der Waals surface area (Å²) in [4.78, 5) is 22.3. The normalized spacial score (nSPS) is 12.2. The third kappa shape index (κ3) is 2.41. The molecule has 0 unspecified atom stereocenters. The minimum atomic E-state index is -0.633. The molecule has 0 aliphatic carbocycles. The van der Waals surface area contributed by atoms with Gasteiger partial charge in [-0.1, -0.05) is 23.2 Å². The molecule has 0 radical (unpaired) electrons. The van der Waals surface area contributed by atoms with Gasteiger partial charge in [-0.25, -0.2) is 0 Å². The lowest BCUT2D eigenvalue weighted by Gasteiger charge is -2.29. The molecule has 0 N–H and O–H groups in total. The van der Waals surface area contributed by atoms with Gasteiger partial charge in [0.05, 0.1) is 33.4 Å². The molecule has 0 aromatic heterocycles. The third-order valence-electron chi connectivity index (χ3n) is 3.39. The van der Waals surface area contributed by atoms with Crippen LogP contribution >= 0.6 is 23.2 Å². The Hall–Kier alpha value is -2.58. The van der Waals surface area contributed by atoms with Crippen LogP contribution < -0.4 is 9.64 Å². The van der Waals surface area contributed by atoms with Gasteiger partial charge in [0.1, 0.15) is 10.0 Å². The molecule has 3 rings (SSSR count). The van der Waals surface area contributed by atoms with Gasteiger partial charge in [0.2, 0.25) is 0 Å². The van der Waals surface area contributed by atoms with E-state index in [1.165, 1.54) is 24.3 Å². The molecule has 2 aromatic carbocycles. The Kier molecular flexibility index (Phi) is 3.50. The van der Waals surface area contributed by atoms with Crippen molar-refractivity contribution in [2.45, 2.75) is 0 Å². The van der Waals surface area contributed by atoms with Crippen molar-refractivity contribution in [1.29, 1.82) is 0 Å². The molecule has 2 aromatic rings. The number of ether oxygens (including phenoxy) is 1. The predicted molar refractivity (Wildman–Crippen MR) is 84.3 cm³/mol. The molecule has 0 bridgehead atoms. The maximum atomic E-state index is 11.0. The molecule has 0 atom stereocenters. The lowest BCUT2D eigenvalue weighted by Crippen LogP contribution is -2.16. The van der Waals surface area contributed by atoms with Gasteiger partial charge in [-0.05, 0) is 12.1 Å². The maximum Gasteiger partial charge on any atom is 0.291 e. The number of benzene rings is 2. The summed E-state index contributed by atoms with van der Waals surface area (Å²) in [5.41, 5.74) is 0.340. The molecule has 1 heterocycles. The zero-order chi connectivity index (χ0) is 16.9. The quantitative estimate of drug-likeness (QED) is 0.572. The fraction of sp³-hybridized carbons (Fsp3) is 0.0769. The number of nitrogens with zero attached hydrogens (tertiary/aromatic N) is 3. The zero-order valence-corrected chi connectivity index (χ0v) is 13.0. The second-order valence-corrected chi connectivity index (χ2v) is 5.53. The Labute approximate surface area is 139 Å². The van der Waals surface area contributed by atoms with E-state index in [0.717, 1.165) is 0 Å². The first kappa shape index (κ1) is 15.3. The summed E-state index contributed by atoms with van der Waals surface area (Å²) >= 11 is 11.8. The van der Waals surface area contributed by atoms with E-state index in [4.69, 9.17) is 27.9 Å². The fourth-order valence-corrected chi connectivity index (χ4v) is 2.73. The van der Waals surface area contributed by atoms with Crippen LogP contribution in [0, 0.1) is 20.2 Å². The second-order valence-electron chi connectivity index (χ2n) is 4.72. The van der Waals surface area contributed by atoms with Crippen molar-refractivity contribution < 1.29 is 14.6 Å². The number of rotatable bonds is 2. The van der Waals surface area contributed by atoms with Crippen molar-refractivity contribution in [3.8, 4) is 11.5 Å². The number of fused-ring (bicyclic) bond motifs is 2. The number of anilines is 2. The average Bonchev–Trinajstić information content (AvgIpc) is 2.47. The highest BCUT2D eigenvalue weighted by Gasteiger charge is 2.29. The van der Waals surface area contributed by atoms with E-state index in [1.807, 2.05) is 0 Å². The number of nitro benzene ring substituents is 2. The van der Waals surface area contributed by atoms with Crippen molar-refractivity contribution in [3.63, 3.8) is 0 Å². The summed E-state index contributed by atoms with van der Waals surface area (Å²) in [5, 5.41) is 21.9. The zero-order valence-electron chi connectivity index (χ0n) is 11.4. The van der Waals surface area contributed by atoms with Gasteiger partial charge in [-0.2, -0.15) is 0 Å². The molecular weight excluding hydrogens is 349 g/mol. The van der Waals surface area contributed by atoms with E-state index in [9.17, 15) is 20.2 Å². The summed E-state index contributed by atoms with van der Waals surface area (Å²) < 4.78 is 5.57. The molecule has 0 saturated carbocycles. The van der Waals surface area contributed by atoms with Crippen LogP contribution in [0.5, 0.6) is 11.5 Å². The Morgan fingerprint density at radius 2 is 1.30 bits per heavy atom. The van der Waals surface area contributed by atoms with Crippen molar-refractivity contribution in [1.82, 2.24) is 0 Å². The molecule has 0 fully saturated rings. The minimum absolute atomic E-state index is 0.0411.